The first-order valence-corrected chi connectivity index (χ1v) is 6.41. The molecule has 0 fully saturated rings. The summed E-state index contributed by atoms with van der Waals surface area (Å²) in [6.07, 6.45) is 0. The minimum Gasteiger partial charge on any atom is -0.384 e. The van der Waals surface area contributed by atoms with Crippen LogP contribution in [0, 0.1) is 11.8 Å². The molecule has 1 rings (SSSR count). The molecule has 3 N–H and O–H groups in total. The SMILES string of the molecule is COCCNC(=O)CNC(=O)c1ccc(C#CCO)cc1. The highest BCUT2D eigenvalue weighted by Crippen LogP contribution is 2.03. The third kappa shape index (κ3) is 6.56. The maximum Gasteiger partial charge on any atom is 0.251 e. The van der Waals surface area contributed by atoms with E-state index in [1.165, 1.54) is 0 Å². The average molecular weight is 290 g/mol. The van der Waals surface area contributed by atoms with Crippen LogP contribution in [0.4, 0.5) is 0 Å². The van der Waals surface area contributed by atoms with Gasteiger partial charge in [0.15, 0.2) is 0 Å². The standard InChI is InChI=1S/C15H18N2O4/c1-21-10-8-16-14(19)11-17-15(20)13-6-4-12(5-7-13)3-2-9-18/h4-7,18H,8-11H2,1H3,(H,16,19)(H,17,20). The van der Waals surface area contributed by atoms with Gasteiger partial charge in [0.25, 0.3) is 5.91 Å². The highest BCUT2D eigenvalue weighted by Gasteiger charge is 2.07. The molecule has 0 bridgehead atoms. The van der Waals surface area contributed by atoms with Gasteiger partial charge >= 0.3 is 0 Å². The molecule has 21 heavy (non-hydrogen) atoms. The Balaban J connectivity index is 2.43. The van der Waals surface area contributed by atoms with Gasteiger partial charge in [-0.25, -0.2) is 0 Å². The highest BCUT2D eigenvalue weighted by atomic mass is 16.5. The maximum absolute atomic E-state index is 11.8. The molecule has 0 unspecified atom stereocenters. The van der Waals surface area contributed by atoms with Crippen molar-refractivity contribution in [1.29, 1.82) is 0 Å². The smallest absolute Gasteiger partial charge is 0.251 e. The fourth-order valence-electron chi connectivity index (χ4n) is 1.46. The van der Waals surface area contributed by atoms with Crippen molar-refractivity contribution in [3.05, 3.63) is 35.4 Å². The molecule has 1 aromatic carbocycles. The first-order chi connectivity index (χ1) is 10.2. The number of nitrogens with one attached hydrogen (secondary N) is 2. The zero-order chi connectivity index (χ0) is 15.5. The Morgan fingerprint density at radius 3 is 2.57 bits per heavy atom. The van der Waals surface area contributed by atoms with Gasteiger partial charge < -0.3 is 20.5 Å². The van der Waals surface area contributed by atoms with E-state index in [2.05, 4.69) is 22.5 Å². The van der Waals surface area contributed by atoms with E-state index in [4.69, 9.17) is 9.84 Å². The number of aliphatic hydroxyl groups is 1. The van der Waals surface area contributed by atoms with Crippen molar-refractivity contribution >= 4 is 11.8 Å². The van der Waals surface area contributed by atoms with Gasteiger partial charge in [-0.2, -0.15) is 0 Å². The molecular weight excluding hydrogens is 272 g/mol. The van der Waals surface area contributed by atoms with Crippen molar-refractivity contribution in [3.63, 3.8) is 0 Å². The van der Waals surface area contributed by atoms with Crippen LogP contribution in [0.5, 0.6) is 0 Å². The molecule has 0 aliphatic heterocycles. The van der Waals surface area contributed by atoms with Crippen LogP contribution >= 0.6 is 0 Å². The summed E-state index contributed by atoms with van der Waals surface area (Å²) in [5.41, 5.74) is 1.15. The van der Waals surface area contributed by atoms with Gasteiger partial charge in [-0.1, -0.05) is 11.8 Å². The number of hydrogen-bond acceptors (Lipinski definition) is 4. The summed E-state index contributed by atoms with van der Waals surface area (Å²) in [5.74, 6) is 4.64. The lowest BCUT2D eigenvalue weighted by molar-refractivity contribution is -0.120. The number of aliphatic hydroxyl groups excluding tert-OH is 1. The third-order valence-corrected chi connectivity index (χ3v) is 2.50. The molecular formula is C15H18N2O4. The van der Waals surface area contributed by atoms with Crippen molar-refractivity contribution in [2.45, 2.75) is 0 Å². The number of hydrogen-bond donors (Lipinski definition) is 3. The largest absolute Gasteiger partial charge is 0.384 e. The number of carbonyl (C=O) groups is 2. The summed E-state index contributed by atoms with van der Waals surface area (Å²) >= 11 is 0. The number of methoxy groups -OCH3 is 1. The van der Waals surface area contributed by atoms with Crippen molar-refractivity contribution in [2.75, 3.05) is 33.4 Å². The van der Waals surface area contributed by atoms with E-state index in [0.717, 1.165) is 0 Å². The van der Waals surface area contributed by atoms with Crippen LogP contribution < -0.4 is 10.6 Å². The van der Waals surface area contributed by atoms with Gasteiger partial charge in [0.05, 0.1) is 13.2 Å². The van der Waals surface area contributed by atoms with Gasteiger partial charge in [-0.05, 0) is 24.3 Å². The Kier molecular flexibility index (Phi) is 7.58. The first kappa shape index (κ1) is 16.7. The van der Waals surface area contributed by atoms with E-state index in [-0.39, 0.29) is 25.0 Å². The predicted molar refractivity (Wildman–Crippen MR) is 77.6 cm³/mol. The molecule has 1 aromatic rings. The van der Waals surface area contributed by atoms with E-state index < -0.39 is 0 Å². The van der Waals surface area contributed by atoms with Gasteiger partial charge in [0.2, 0.25) is 5.91 Å². The highest BCUT2D eigenvalue weighted by molar-refractivity contribution is 5.96. The lowest BCUT2D eigenvalue weighted by Gasteiger charge is -2.06. The molecule has 6 nitrogen and oxygen atoms in total. The summed E-state index contributed by atoms with van der Waals surface area (Å²) in [7, 11) is 1.54. The molecule has 2 amide bonds. The molecule has 0 saturated carbocycles. The normalized spacial score (nSPS) is 9.43. The van der Waals surface area contributed by atoms with Crippen LogP contribution in [0.3, 0.4) is 0 Å². The second kappa shape index (κ2) is 9.53. The van der Waals surface area contributed by atoms with E-state index in [1.807, 2.05) is 0 Å². The first-order valence-electron chi connectivity index (χ1n) is 6.41. The summed E-state index contributed by atoms with van der Waals surface area (Å²) < 4.78 is 4.80. The fraction of sp³-hybridized carbons (Fsp3) is 0.333. The quantitative estimate of drug-likeness (QED) is 0.488. The van der Waals surface area contributed by atoms with Crippen LogP contribution in [0.25, 0.3) is 0 Å². The molecule has 0 radical (unpaired) electrons. The Labute approximate surface area is 123 Å². The number of benzene rings is 1. The second-order valence-corrected chi connectivity index (χ2v) is 4.06. The number of carbonyl (C=O) groups excluding carboxylic acids is 2. The monoisotopic (exact) mass is 290 g/mol. The number of rotatable bonds is 6. The zero-order valence-corrected chi connectivity index (χ0v) is 11.8. The molecule has 0 aliphatic carbocycles. The van der Waals surface area contributed by atoms with Crippen molar-refractivity contribution in [3.8, 4) is 11.8 Å². The van der Waals surface area contributed by atoms with Gasteiger partial charge in [0.1, 0.15) is 6.61 Å². The Bertz CT molecular complexity index is 529. The molecule has 112 valence electrons. The van der Waals surface area contributed by atoms with Crippen LogP contribution in [-0.4, -0.2) is 50.3 Å². The molecule has 0 saturated heterocycles. The molecule has 0 aromatic heterocycles. The summed E-state index contributed by atoms with van der Waals surface area (Å²) in [6.45, 7) is 0.536. The molecule has 0 aliphatic rings. The van der Waals surface area contributed by atoms with Gasteiger partial charge in [-0.15, -0.1) is 0 Å². The lowest BCUT2D eigenvalue weighted by atomic mass is 10.1. The Hall–Kier alpha value is -2.36. The van der Waals surface area contributed by atoms with Crippen LogP contribution in [0.15, 0.2) is 24.3 Å². The number of amides is 2. The second-order valence-electron chi connectivity index (χ2n) is 4.06. The molecule has 6 heteroatoms. The van der Waals surface area contributed by atoms with E-state index in [1.54, 1.807) is 31.4 Å². The van der Waals surface area contributed by atoms with Crippen molar-refractivity contribution in [1.82, 2.24) is 10.6 Å². The van der Waals surface area contributed by atoms with Crippen LogP contribution in [0.1, 0.15) is 15.9 Å². The van der Waals surface area contributed by atoms with Crippen LogP contribution in [0.2, 0.25) is 0 Å². The molecule has 0 spiro atoms. The topological polar surface area (TPSA) is 87.7 Å². The third-order valence-electron chi connectivity index (χ3n) is 2.50. The molecule has 0 heterocycles. The Morgan fingerprint density at radius 1 is 1.24 bits per heavy atom. The van der Waals surface area contributed by atoms with Crippen LogP contribution in [-0.2, 0) is 9.53 Å². The summed E-state index contributed by atoms with van der Waals surface area (Å²) in [5, 5.41) is 13.7. The van der Waals surface area contributed by atoms with Crippen molar-refractivity contribution in [2.24, 2.45) is 0 Å². The predicted octanol–water partition coefficient (Wildman–Crippen LogP) is -0.477. The lowest BCUT2D eigenvalue weighted by Crippen LogP contribution is -2.38. The summed E-state index contributed by atoms with van der Waals surface area (Å²) in [4.78, 5) is 23.2. The Morgan fingerprint density at radius 2 is 1.95 bits per heavy atom. The number of ether oxygens (including phenoxy) is 1. The van der Waals surface area contributed by atoms with E-state index in [9.17, 15) is 9.59 Å². The fourth-order valence-corrected chi connectivity index (χ4v) is 1.46. The van der Waals surface area contributed by atoms with Gasteiger partial charge in [-0.3, -0.25) is 9.59 Å². The minimum atomic E-state index is -0.335. The zero-order valence-electron chi connectivity index (χ0n) is 11.8. The minimum absolute atomic E-state index is 0.0887. The molecule has 0 atom stereocenters. The van der Waals surface area contributed by atoms with Crippen molar-refractivity contribution < 1.29 is 19.4 Å². The average Bonchev–Trinajstić information content (AvgIpc) is 2.51. The van der Waals surface area contributed by atoms with E-state index in [0.29, 0.717) is 24.3 Å². The van der Waals surface area contributed by atoms with E-state index >= 15 is 0 Å². The maximum atomic E-state index is 11.8. The van der Waals surface area contributed by atoms with Gasteiger partial charge in [0, 0.05) is 24.8 Å². The summed E-state index contributed by atoms with van der Waals surface area (Å²) in [6, 6.07) is 6.57.